The third-order valence-corrected chi connectivity index (χ3v) is 26.1. The fourth-order valence-corrected chi connectivity index (χ4v) is 21.3. The number of anilines is 6. The normalized spacial score (nSPS) is 13.3. The smallest absolute Gasteiger partial charge is 0.256 e. The highest BCUT2D eigenvalue weighted by Gasteiger charge is 2.55. The van der Waals surface area contributed by atoms with Gasteiger partial charge in [0.15, 0.2) is 0 Å². The van der Waals surface area contributed by atoms with E-state index < -0.39 is 5.41 Å². The van der Waals surface area contributed by atoms with E-state index in [4.69, 9.17) is 9.47 Å². The highest BCUT2D eigenvalue weighted by molar-refractivity contribution is 7.00. The van der Waals surface area contributed by atoms with Crippen LogP contribution in [0.3, 0.4) is 0 Å². The lowest BCUT2D eigenvalue weighted by Gasteiger charge is -2.37. The van der Waals surface area contributed by atoms with Gasteiger partial charge in [-0.15, -0.1) is 0 Å². The maximum absolute atomic E-state index is 8.03. The van der Waals surface area contributed by atoms with Gasteiger partial charge in [-0.05, 0) is 231 Å². The van der Waals surface area contributed by atoms with Crippen LogP contribution in [0.15, 0.2) is 400 Å². The molecule has 0 bridgehead atoms. The summed E-state index contributed by atoms with van der Waals surface area (Å²) in [5, 5.41) is 4.82. The van der Waals surface area contributed by atoms with Crippen molar-refractivity contribution in [2.75, 3.05) is 9.80 Å². The highest BCUT2D eigenvalue weighted by atomic mass is 16.5. The zero-order chi connectivity index (χ0) is 76.3. The molecule has 4 aliphatic heterocycles. The number of hydrogen-bond acceptors (Lipinski definition) is 4. The SMILES string of the molecule is c1ccc(-c2ccc3c(c2)c2cc(-c4ccccc4)cc4c2n3-c2cc(N(c3ccccc3)c3ccccc3)cc3c2B4c2cc4c(cc2O3)C2(c3ccccc3-4)c3ccccc3-c3cc4c(cc32)Oc2cc(N(c3ccccc3)c3ccccc3)cc3c2B4c2cc(-c4ccccc4)cc4c5cc(-c6ccccc6)ccc5n-3c24)cc1. The van der Waals surface area contributed by atoms with E-state index in [2.05, 4.69) is 419 Å². The van der Waals surface area contributed by atoms with Gasteiger partial charge in [-0.3, -0.25) is 0 Å². The van der Waals surface area contributed by atoms with Crippen molar-refractivity contribution in [3.05, 3.63) is 423 Å². The Kier molecular flexibility index (Phi) is 13.5. The number of fused-ring (bicyclic) bond motifs is 24. The Morgan fingerprint density at radius 2 is 0.547 bits per heavy atom. The minimum Gasteiger partial charge on any atom is -0.458 e. The number of rotatable bonds is 10. The molecule has 0 amide bonds. The first kappa shape index (κ1) is 64.4. The lowest BCUT2D eigenvalue weighted by atomic mass is 9.34. The van der Waals surface area contributed by atoms with E-state index in [1.165, 1.54) is 133 Å². The summed E-state index contributed by atoms with van der Waals surface area (Å²) in [7, 11) is 0. The van der Waals surface area contributed by atoms with Gasteiger partial charge in [0.25, 0.3) is 13.4 Å². The first-order valence-corrected chi connectivity index (χ1v) is 40.6. The predicted molar refractivity (Wildman–Crippen MR) is 485 cm³/mol. The second-order valence-corrected chi connectivity index (χ2v) is 32.1. The lowest BCUT2D eigenvalue weighted by Crippen LogP contribution is -2.58. The van der Waals surface area contributed by atoms with Gasteiger partial charge >= 0.3 is 0 Å². The van der Waals surface area contributed by atoms with E-state index in [1.807, 2.05) is 0 Å². The largest absolute Gasteiger partial charge is 0.458 e. The van der Waals surface area contributed by atoms with E-state index in [0.29, 0.717) is 0 Å². The standard InChI is InChI=1S/C109H66B2N4O2/c1-9-29-67(30-10-1)71-49-51-97-85(53-71)87-55-73(69-33-13-3-14-34-69)57-95-107(87)114(97)99-59-79(112(75-37-17-5-18-38-75)76-39-19-6-20-40-76)61-103-105(99)110(95)93-63-83-81-45-25-27-47-89(81)109(91(83)65-101(93)116-103)90-48-28-26-46-82(90)84-64-94-102(66-92(84)109)117-104-62-80(113(77-41-21-7-22-42-77)78-43-23-8-24-44-78)60-100-106(104)111(94)96-58-74(70-35-15-4-16-36-70)56-88-86-54-72(68-31-11-2-12-32-68)50-52-98(86)115(100)108(88)96/h1-66H. The monoisotopic (exact) mass is 1480 g/mol. The molecule has 0 saturated heterocycles. The molecule has 117 heavy (non-hydrogen) atoms. The van der Waals surface area contributed by atoms with Crippen molar-refractivity contribution in [2.45, 2.75) is 5.41 Å². The van der Waals surface area contributed by atoms with E-state index in [9.17, 15) is 0 Å². The minimum atomic E-state index is -0.823. The number of aromatic nitrogens is 2. The molecule has 20 aromatic rings. The molecule has 6 heterocycles. The number of benzene rings is 18. The van der Waals surface area contributed by atoms with Crippen molar-refractivity contribution < 1.29 is 9.47 Å². The molecule has 18 aromatic carbocycles. The molecule has 0 N–H and O–H groups in total. The highest BCUT2D eigenvalue weighted by Crippen LogP contribution is 2.64. The molecule has 2 aliphatic carbocycles. The van der Waals surface area contributed by atoms with Crippen molar-refractivity contribution >= 4 is 124 Å². The average Bonchev–Trinajstić information content (AvgIpc) is 1.51. The maximum atomic E-state index is 8.03. The topological polar surface area (TPSA) is 34.8 Å². The Balaban J connectivity index is 0.731. The molecule has 6 aliphatic rings. The molecule has 2 aromatic heterocycles. The van der Waals surface area contributed by atoms with Crippen LogP contribution in [0.2, 0.25) is 0 Å². The summed E-state index contributed by atoms with van der Waals surface area (Å²) < 4.78 is 21.2. The second-order valence-electron chi connectivity index (χ2n) is 32.1. The third-order valence-electron chi connectivity index (χ3n) is 26.1. The third kappa shape index (κ3) is 9.12. The molecule has 0 atom stereocenters. The fourth-order valence-electron chi connectivity index (χ4n) is 21.3. The van der Waals surface area contributed by atoms with Gasteiger partial charge < -0.3 is 28.4 Å². The summed E-state index contributed by atoms with van der Waals surface area (Å²) in [4.78, 5) is 4.77. The summed E-state index contributed by atoms with van der Waals surface area (Å²) in [6, 6.07) is 149. The van der Waals surface area contributed by atoms with Gasteiger partial charge in [0.2, 0.25) is 0 Å². The van der Waals surface area contributed by atoms with Crippen molar-refractivity contribution in [3.8, 4) is 101 Å². The first-order chi connectivity index (χ1) is 58.0. The Morgan fingerprint density at radius 1 is 0.222 bits per heavy atom. The van der Waals surface area contributed by atoms with Gasteiger partial charge in [-0.2, -0.15) is 0 Å². The molecule has 8 heteroatoms. The van der Waals surface area contributed by atoms with Crippen LogP contribution in [0.1, 0.15) is 22.3 Å². The minimum absolute atomic E-state index is 0.245. The van der Waals surface area contributed by atoms with Gasteiger partial charge in [-0.25, -0.2) is 0 Å². The summed E-state index contributed by atoms with van der Waals surface area (Å²) >= 11 is 0. The lowest BCUT2D eigenvalue weighted by molar-refractivity contribution is 0.485. The van der Waals surface area contributed by atoms with Gasteiger partial charge in [-0.1, -0.05) is 279 Å². The van der Waals surface area contributed by atoms with Crippen LogP contribution in [0, 0.1) is 0 Å². The quantitative estimate of drug-likeness (QED) is 0.128. The van der Waals surface area contributed by atoms with E-state index in [0.717, 1.165) is 101 Å². The summed E-state index contributed by atoms with van der Waals surface area (Å²) in [5.41, 5.74) is 38.3. The van der Waals surface area contributed by atoms with Gasteiger partial charge in [0.05, 0.1) is 27.8 Å². The predicted octanol–water partition coefficient (Wildman–Crippen LogP) is 23.7. The van der Waals surface area contributed by atoms with Crippen LogP contribution >= 0.6 is 0 Å². The zero-order valence-electron chi connectivity index (χ0n) is 63.4. The van der Waals surface area contributed by atoms with Crippen molar-refractivity contribution in [2.24, 2.45) is 0 Å². The Morgan fingerprint density at radius 3 is 0.915 bits per heavy atom. The molecule has 1 spiro atoms. The number of ether oxygens (including phenoxy) is 2. The zero-order valence-corrected chi connectivity index (χ0v) is 63.4. The van der Waals surface area contributed by atoms with E-state index >= 15 is 0 Å². The molecule has 0 saturated carbocycles. The van der Waals surface area contributed by atoms with Gasteiger partial charge in [0, 0.05) is 78.8 Å². The van der Waals surface area contributed by atoms with Crippen LogP contribution in [0.5, 0.6) is 23.0 Å². The summed E-state index contributed by atoms with van der Waals surface area (Å²) in [6.07, 6.45) is 0. The Bertz CT molecular complexity index is 7090. The van der Waals surface area contributed by atoms with E-state index in [1.54, 1.807) is 0 Å². The fraction of sp³-hybridized carbons (Fsp3) is 0.00917. The molecule has 0 fully saturated rings. The molecule has 26 rings (SSSR count). The van der Waals surface area contributed by atoms with Crippen LogP contribution in [-0.4, -0.2) is 22.6 Å². The van der Waals surface area contributed by atoms with Crippen molar-refractivity contribution in [1.82, 2.24) is 9.13 Å². The number of hydrogen-bond donors (Lipinski definition) is 0. The summed E-state index contributed by atoms with van der Waals surface area (Å²) in [5.74, 6) is 3.33. The number of para-hydroxylation sites is 4. The van der Waals surface area contributed by atoms with Gasteiger partial charge in [0.1, 0.15) is 23.0 Å². The van der Waals surface area contributed by atoms with Crippen LogP contribution in [0.25, 0.3) is 122 Å². The van der Waals surface area contributed by atoms with E-state index in [-0.39, 0.29) is 13.4 Å². The second kappa shape index (κ2) is 24.5. The first-order valence-electron chi connectivity index (χ1n) is 40.6. The van der Waals surface area contributed by atoms with Crippen LogP contribution in [-0.2, 0) is 5.41 Å². The Labute approximate surface area is 677 Å². The molecular formula is C109H66B2N4O2. The summed E-state index contributed by atoms with van der Waals surface area (Å²) in [6.45, 7) is -0.490. The van der Waals surface area contributed by atoms with Crippen LogP contribution < -0.4 is 52.1 Å². The molecule has 540 valence electrons. The molecule has 0 radical (unpaired) electrons. The number of nitrogens with zero attached hydrogens (tertiary/aromatic N) is 4. The molecule has 6 nitrogen and oxygen atoms in total. The average molecular weight is 1490 g/mol. The molecule has 0 unspecified atom stereocenters. The Hall–Kier alpha value is -15.1. The van der Waals surface area contributed by atoms with Crippen molar-refractivity contribution in [1.29, 1.82) is 0 Å². The molecular weight excluding hydrogens is 1420 g/mol. The van der Waals surface area contributed by atoms with Crippen LogP contribution in [0.4, 0.5) is 34.1 Å². The maximum Gasteiger partial charge on any atom is 0.256 e. The van der Waals surface area contributed by atoms with Crippen molar-refractivity contribution in [3.63, 3.8) is 0 Å².